The SMILES string of the molecule is CC1(C)N=C(c2ccc(-c3ccc4c(c3)Oc3cccc5c3B4c3ccc(-c4ccc(C6=NC(C)(C)C(C)(C)N6c6ccccc6)cc4)cc3O5)cc2)N(c2ccccc2)C1(C)C. The normalized spacial score (nSPS) is 18.1. The Hall–Kier alpha value is -6.86. The number of benzene rings is 7. The Morgan fingerprint density at radius 1 is 0.381 bits per heavy atom. The lowest BCUT2D eigenvalue weighted by Gasteiger charge is -2.41. The van der Waals surface area contributed by atoms with Crippen LogP contribution in [0.3, 0.4) is 0 Å². The summed E-state index contributed by atoms with van der Waals surface area (Å²) < 4.78 is 13.4. The highest BCUT2D eigenvalue weighted by atomic mass is 16.5. The van der Waals surface area contributed by atoms with Gasteiger partial charge in [0.2, 0.25) is 0 Å². The van der Waals surface area contributed by atoms with E-state index in [1.807, 2.05) is 6.07 Å². The number of para-hydroxylation sites is 2. The lowest BCUT2D eigenvalue weighted by Crippen LogP contribution is -2.57. The molecule has 7 aromatic carbocycles. The number of hydrogen-bond acceptors (Lipinski definition) is 6. The molecular formula is C56H51BN4O2. The maximum absolute atomic E-state index is 6.70. The van der Waals surface area contributed by atoms with Crippen LogP contribution >= 0.6 is 0 Å². The second-order valence-corrected chi connectivity index (χ2v) is 19.4. The maximum atomic E-state index is 6.70. The minimum atomic E-state index is -0.273. The van der Waals surface area contributed by atoms with Crippen LogP contribution in [0.1, 0.15) is 66.5 Å². The number of anilines is 2. The Kier molecular flexibility index (Phi) is 8.56. The predicted molar refractivity (Wildman–Crippen MR) is 262 cm³/mol. The molecule has 0 atom stereocenters. The van der Waals surface area contributed by atoms with E-state index >= 15 is 0 Å². The molecule has 7 aromatic rings. The molecule has 0 radical (unpaired) electrons. The Bertz CT molecular complexity index is 2810. The van der Waals surface area contributed by atoms with Crippen LogP contribution in [0.15, 0.2) is 174 Å². The molecule has 4 heterocycles. The van der Waals surface area contributed by atoms with E-state index in [4.69, 9.17) is 19.5 Å². The molecule has 0 aliphatic carbocycles. The number of nitrogens with zero attached hydrogens (tertiary/aromatic N) is 4. The van der Waals surface area contributed by atoms with Gasteiger partial charge in [0.05, 0.1) is 22.2 Å². The van der Waals surface area contributed by atoms with Gasteiger partial charge in [-0.3, -0.25) is 9.98 Å². The summed E-state index contributed by atoms with van der Waals surface area (Å²) >= 11 is 0. The average Bonchev–Trinajstić information content (AvgIpc) is 3.61. The first-order chi connectivity index (χ1) is 30.2. The first-order valence-electron chi connectivity index (χ1n) is 22.1. The van der Waals surface area contributed by atoms with E-state index in [1.54, 1.807) is 0 Å². The van der Waals surface area contributed by atoms with Gasteiger partial charge in [0.15, 0.2) is 0 Å². The van der Waals surface area contributed by atoms with Gasteiger partial charge < -0.3 is 19.3 Å². The van der Waals surface area contributed by atoms with Crippen LogP contribution in [0, 0.1) is 0 Å². The van der Waals surface area contributed by atoms with E-state index in [1.165, 1.54) is 0 Å². The average molecular weight is 823 g/mol. The molecule has 0 saturated heterocycles. The highest BCUT2D eigenvalue weighted by molar-refractivity contribution is 6.98. The summed E-state index contributed by atoms with van der Waals surface area (Å²) in [5.74, 6) is 5.37. The zero-order chi connectivity index (χ0) is 43.5. The van der Waals surface area contributed by atoms with Crippen LogP contribution in [0.4, 0.5) is 11.4 Å². The van der Waals surface area contributed by atoms with E-state index in [-0.39, 0.29) is 28.9 Å². The van der Waals surface area contributed by atoms with Gasteiger partial charge >= 0.3 is 0 Å². The Morgan fingerprint density at radius 2 is 0.746 bits per heavy atom. The quantitative estimate of drug-likeness (QED) is 0.157. The summed E-state index contributed by atoms with van der Waals surface area (Å²) in [7, 11) is 0. The lowest BCUT2D eigenvalue weighted by molar-refractivity contribution is 0.338. The summed E-state index contributed by atoms with van der Waals surface area (Å²) in [4.78, 5) is 15.4. The van der Waals surface area contributed by atoms with Crippen LogP contribution in [-0.2, 0) is 0 Å². The molecule has 0 N–H and O–H groups in total. The summed E-state index contributed by atoms with van der Waals surface area (Å²) in [5, 5.41) is 0. The first kappa shape index (κ1) is 39.0. The molecular weight excluding hydrogens is 771 g/mol. The van der Waals surface area contributed by atoms with Gasteiger partial charge in [0, 0.05) is 28.0 Å². The number of ether oxygens (including phenoxy) is 2. The molecule has 4 aliphatic rings. The molecule has 0 unspecified atom stereocenters. The van der Waals surface area contributed by atoms with Crippen molar-refractivity contribution in [2.45, 2.75) is 77.5 Å². The third kappa shape index (κ3) is 6.00. The van der Waals surface area contributed by atoms with Crippen LogP contribution < -0.4 is 35.7 Å². The topological polar surface area (TPSA) is 49.7 Å². The predicted octanol–water partition coefficient (Wildman–Crippen LogP) is 11.4. The van der Waals surface area contributed by atoms with Crippen LogP contribution in [0.2, 0.25) is 0 Å². The van der Waals surface area contributed by atoms with Gasteiger partial charge in [0.1, 0.15) is 34.7 Å². The number of aliphatic imine (C=N–C) groups is 2. The third-order valence-electron chi connectivity index (χ3n) is 14.7. The maximum Gasteiger partial charge on any atom is 0.260 e. The molecule has 0 bridgehead atoms. The van der Waals surface area contributed by atoms with Crippen molar-refractivity contribution in [1.29, 1.82) is 0 Å². The number of rotatable bonds is 6. The van der Waals surface area contributed by atoms with Gasteiger partial charge in [-0.25, -0.2) is 0 Å². The zero-order valence-corrected chi connectivity index (χ0v) is 37.3. The van der Waals surface area contributed by atoms with Gasteiger partial charge in [-0.05, 0) is 137 Å². The van der Waals surface area contributed by atoms with Crippen molar-refractivity contribution >= 4 is 46.1 Å². The molecule has 0 fully saturated rings. The van der Waals surface area contributed by atoms with Crippen molar-refractivity contribution in [2.24, 2.45) is 9.98 Å². The largest absolute Gasteiger partial charge is 0.458 e. The van der Waals surface area contributed by atoms with E-state index in [2.05, 4.69) is 223 Å². The molecule has 4 aliphatic heterocycles. The van der Waals surface area contributed by atoms with Crippen molar-refractivity contribution in [3.63, 3.8) is 0 Å². The van der Waals surface area contributed by atoms with Crippen molar-refractivity contribution in [1.82, 2.24) is 0 Å². The first-order valence-corrected chi connectivity index (χ1v) is 22.1. The van der Waals surface area contributed by atoms with Gasteiger partial charge in [-0.1, -0.05) is 115 Å². The van der Waals surface area contributed by atoms with Gasteiger partial charge in [-0.15, -0.1) is 0 Å². The summed E-state index contributed by atoms with van der Waals surface area (Å²) in [6.45, 7) is 18.0. The Balaban J connectivity index is 0.896. The van der Waals surface area contributed by atoms with E-state index < -0.39 is 0 Å². The molecule has 0 aromatic heterocycles. The fourth-order valence-electron chi connectivity index (χ4n) is 9.82. The molecule has 0 amide bonds. The minimum absolute atomic E-state index is 0.0244. The van der Waals surface area contributed by atoms with Crippen LogP contribution in [0.5, 0.6) is 23.0 Å². The molecule has 6 nitrogen and oxygen atoms in total. The highest BCUT2D eigenvalue weighted by Crippen LogP contribution is 2.44. The van der Waals surface area contributed by atoms with E-state index in [9.17, 15) is 0 Å². The van der Waals surface area contributed by atoms with Crippen LogP contribution in [0.25, 0.3) is 22.3 Å². The fourth-order valence-corrected chi connectivity index (χ4v) is 9.82. The minimum Gasteiger partial charge on any atom is -0.458 e. The van der Waals surface area contributed by atoms with Crippen molar-refractivity contribution in [3.05, 3.63) is 175 Å². The van der Waals surface area contributed by atoms with Crippen molar-refractivity contribution in [3.8, 4) is 45.3 Å². The molecule has 310 valence electrons. The molecule has 0 spiro atoms. The summed E-state index contributed by atoms with van der Waals surface area (Å²) in [5.41, 5.74) is 11.3. The Morgan fingerprint density at radius 3 is 1.14 bits per heavy atom. The monoisotopic (exact) mass is 822 g/mol. The molecule has 63 heavy (non-hydrogen) atoms. The van der Waals surface area contributed by atoms with Gasteiger partial charge in [-0.2, -0.15) is 0 Å². The smallest absolute Gasteiger partial charge is 0.260 e. The fraction of sp³-hybridized carbons (Fsp3) is 0.214. The van der Waals surface area contributed by atoms with E-state index in [0.29, 0.717) is 0 Å². The van der Waals surface area contributed by atoms with Crippen LogP contribution in [-0.4, -0.2) is 40.5 Å². The zero-order valence-electron chi connectivity index (χ0n) is 37.3. The summed E-state index contributed by atoms with van der Waals surface area (Å²) in [6.07, 6.45) is 0. The number of fused-ring (bicyclic) bond motifs is 4. The molecule has 0 saturated carbocycles. The Labute approximate surface area is 371 Å². The van der Waals surface area contributed by atoms with Gasteiger partial charge in [0.25, 0.3) is 6.71 Å². The lowest BCUT2D eigenvalue weighted by atomic mass is 9.35. The second-order valence-electron chi connectivity index (χ2n) is 19.4. The summed E-state index contributed by atoms with van der Waals surface area (Å²) in [6, 6.07) is 58.2. The highest BCUT2D eigenvalue weighted by Gasteiger charge is 2.51. The number of hydrogen-bond donors (Lipinski definition) is 0. The standard InChI is InChI=1S/C56H51BN4O2/c1-53(2)55(5,6)60(42-16-11-9-12-17-42)51(58-53)38-26-22-36(23-27-38)40-30-32-44-48(34-40)62-46-20-15-21-47-50(46)57(44)45-33-31-41(35-49(45)63-47)37-24-28-39(29-25-37)52-59-54(3,4)56(7,8)61(52)43-18-13-10-14-19-43/h9-35H,1-8H3. The molecule has 7 heteroatoms. The van der Waals surface area contributed by atoms with Crippen molar-refractivity contribution in [2.75, 3.05) is 9.80 Å². The molecule has 11 rings (SSSR count). The van der Waals surface area contributed by atoms with E-state index in [0.717, 1.165) is 95.8 Å². The third-order valence-corrected chi connectivity index (χ3v) is 14.7. The van der Waals surface area contributed by atoms with Crippen molar-refractivity contribution < 1.29 is 9.47 Å². The number of amidine groups is 2. The second kappa shape index (κ2) is 13.8.